The van der Waals surface area contributed by atoms with Crippen LogP contribution in [0.25, 0.3) is 6.08 Å². The summed E-state index contributed by atoms with van der Waals surface area (Å²) < 4.78 is 0. The minimum atomic E-state index is 0.159. The van der Waals surface area contributed by atoms with Gasteiger partial charge in [0.1, 0.15) is 0 Å². The van der Waals surface area contributed by atoms with Crippen LogP contribution in [-0.4, -0.2) is 25.4 Å². The largest absolute Gasteiger partial charge is 0.371 e. The second kappa shape index (κ2) is 6.56. The maximum absolute atomic E-state index is 13.1. The maximum Gasteiger partial charge on any atom is 0.211 e. The molecule has 0 N–H and O–H groups in total. The molecule has 5 rings (SSSR count). The molecule has 0 amide bonds. The minimum Gasteiger partial charge on any atom is -0.371 e. The molecule has 3 aliphatic heterocycles. The molecular weight excluding hydrogens is 332 g/mol. The van der Waals surface area contributed by atoms with Gasteiger partial charge in [0, 0.05) is 30.9 Å². The van der Waals surface area contributed by atoms with Crippen molar-refractivity contribution in [3.05, 3.63) is 64.3 Å². The molecule has 0 fully saturated rings. The van der Waals surface area contributed by atoms with Crippen LogP contribution < -0.4 is 9.80 Å². The number of anilines is 2. The predicted molar refractivity (Wildman–Crippen MR) is 112 cm³/mol. The highest BCUT2D eigenvalue weighted by Crippen LogP contribution is 2.39. The molecule has 0 aromatic heterocycles. The van der Waals surface area contributed by atoms with Crippen molar-refractivity contribution in [1.29, 1.82) is 0 Å². The topological polar surface area (TPSA) is 23.6 Å². The summed E-state index contributed by atoms with van der Waals surface area (Å²) in [5.74, 6) is 0.159. The van der Waals surface area contributed by atoms with Gasteiger partial charge in [-0.3, -0.25) is 4.79 Å². The van der Waals surface area contributed by atoms with E-state index in [1.165, 1.54) is 48.3 Å². The lowest BCUT2D eigenvalue weighted by atomic mass is 9.90. The second-order valence-electron chi connectivity index (χ2n) is 7.91. The van der Waals surface area contributed by atoms with Gasteiger partial charge in [-0.1, -0.05) is 19.1 Å². The van der Waals surface area contributed by atoms with E-state index >= 15 is 0 Å². The lowest BCUT2D eigenvalue weighted by Crippen LogP contribution is -2.34. The molecule has 2 aromatic rings. The minimum absolute atomic E-state index is 0.159. The number of benzene rings is 2. The molecule has 0 saturated heterocycles. The lowest BCUT2D eigenvalue weighted by Gasteiger charge is -2.37. The summed E-state index contributed by atoms with van der Waals surface area (Å²) >= 11 is 0. The highest BCUT2D eigenvalue weighted by molar-refractivity contribution is 6.21. The predicted octanol–water partition coefficient (Wildman–Crippen LogP) is 4.84. The summed E-state index contributed by atoms with van der Waals surface area (Å²) in [6.07, 6.45) is 7.93. The Morgan fingerprint density at radius 2 is 1.74 bits per heavy atom. The Labute approximate surface area is 161 Å². The molecule has 0 saturated carbocycles. The van der Waals surface area contributed by atoms with Crippen molar-refractivity contribution < 1.29 is 4.79 Å². The lowest BCUT2D eigenvalue weighted by molar-refractivity contribution is 0.104. The van der Waals surface area contributed by atoms with E-state index in [1.807, 2.05) is 18.2 Å². The Hall–Kier alpha value is -2.55. The SMILES string of the molecule is CCCN1C(=Cc2cc3c4c(c2)CCCN4CCC3)C(=O)c2ccccc21. The Morgan fingerprint density at radius 3 is 2.44 bits per heavy atom. The molecule has 0 unspecified atom stereocenters. The van der Waals surface area contributed by atoms with Crippen LogP contribution in [0.3, 0.4) is 0 Å². The average molecular weight is 358 g/mol. The summed E-state index contributed by atoms with van der Waals surface area (Å²) in [5.41, 5.74) is 8.33. The van der Waals surface area contributed by atoms with E-state index in [2.05, 4.69) is 41.0 Å². The highest BCUT2D eigenvalue weighted by Gasteiger charge is 2.31. The van der Waals surface area contributed by atoms with Crippen LogP contribution in [-0.2, 0) is 12.8 Å². The van der Waals surface area contributed by atoms with Gasteiger partial charge in [-0.05, 0) is 79.1 Å². The smallest absolute Gasteiger partial charge is 0.211 e. The second-order valence-corrected chi connectivity index (χ2v) is 7.91. The third-order valence-electron chi connectivity index (χ3n) is 6.07. The number of ketones is 1. The van der Waals surface area contributed by atoms with Crippen LogP contribution >= 0.6 is 0 Å². The van der Waals surface area contributed by atoms with Crippen molar-refractivity contribution in [2.45, 2.75) is 39.0 Å². The third-order valence-corrected chi connectivity index (χ3v) is 6.07. The van der Waals surface area contributed by atoms with Gasteiger partial charge in [-0.25, -0.2) is 0 Å². The fourth-order valence-corrected chi connectivity index (χ4v) is 4.97. The van der Waals surface area contributed by atoms with Crippen molar-refractivity contribution in [2.24, 2.45) is 0 Å². The van der Waals surface area contributed by atoms with Crippen LogP contribution in [0, 0.1) is 0 Å². The van der Waals surface area contributed by atoms with Crippen LogP contribution in [0.5, 0.6) is 0 Å². The molecule has 0 aliphatic carbocycles. The molecule has 3 nitrogen and oxygen atoms in total. The van der Waals surface area contributed by atoms with E-state index in [1.54, 1.807) is 0 Å². The van der Waals surface area contributed by atoms with Gasteiger partial charge in [-0.2, -0.15) is 0 Å². The Morgan fingerprint density at radius 1 is 1.04 bits per heavy atom. The standard InChI is InChI=1S/C24H26N2O/c1-2-11-26-21-10-4-3-9-20(21)24(27)22(26)16-17-14-18-7-5-12-25-13-6-8-19(15-17)23(18)25/h3-4,9-10,14-16H,2,5-8,11-13H2,1H3. The van der Waals surface area contributed by atoms with Crippen LogP contribution in [0.15, 0.2) is 42.1 Å². The first-order chi connectivity index (χ1) is 13.3. The maximum atomic E-state index is 13.1. The van der Waals surface area contributed by atoms with Crippen molar-refractivity contribution in [3.63, 3.8) is 0 Å². The first-order valence-electron chi connectivity index (χ1n) is 10.3. The van der Waals surface area contributed by atoms with Gasteiger partial charge in [-0.15, -0.1) is 0 Å². The normalized spacial score (nSPS) is 19.4. The number of hydrogen-bond acceptors (Lipinski definition) is 3. The molecule has 0 spiro atoms. The van der Waals surface area contributed by atoms with E-state index in [0.717, 1.165) is 42.8 Å². The van der Waals surface area contributed by atoms with Crippen molar-refractivity contribution in [2.75, 3.05) is 29.4 Å². The Balaban J connectivity index is 1.60. The molecule has 0 bridgehead atoms. The fourth-order valence-electron chi connectivity index (χ4n) is 4.97. The van der Waals surface area contributed by atoms with Crippen molar-refractivity contribution >= 4 is 23.2 Å². The summed E-state index contributed by atoms with van der Waals surface area (Å²) in [7, 11) is 0. The zero-order chi connectivity index (χ0) is 18.4. The number of rotatable bonds is 3. The zero-order valence-corrected chi connectivity index (χ0v) is 16.0. The van der Waals surface area contributed by atoms with E-state index in [-0.39, 0.29) is 5.78 Å². The van der Waals surface area contributed by atoms with Crippen LogP contribution in [0.2, 0.25) is 0 Å². The number of hydrogen-bond donors (Lipinski definition) is 0. The van der Waals surface area contributed by atoms with Crippen LogP contribution in [0.1, 0.15) is 53.2 Å². The molecule has 0 atom stereocenters. The molecule has 138 valence electrons. The fraction of sp³-hybridized carbons (Fsp3) is 0.375. The van der Waals surface area contributed by atoms with Crippen LogP contribution in [0.4, 0.5) is 11.4 Å². The number of aryl methyl sites for hydroxylation is 2. The number of allylic oxidation sites excluding steroid dienone is 1. The third kappa shape index (κ3) is 2.68. The Kier molecular flexibility index (Phi) is 4.04. The number of para-hydroxylation sites is 1. The van der Waals surface area contributed by atoms with E-state index in [0.29, 0.717) is 0 Å². The zero-order valence-electron chi connectivity index (χ0n) is 16.0. The Bertz CT molecular complexity index is 912. The molecule has 2 aromatic carbocycles. The van der Waals surface area contributed by atoms with Crippen molar-refractivity contribution in [3.8, 4) is 0 Å². The van der Waals surface area contributed by atoms with Gasteiger partial charge in [0.05, 0.1) is 11.4 Å². The molecule has 27 heavy (non-hydrogen) atoms. The average Bonchev–Trinajstić information content (AvgIpc) is 2.95. The molecule has 3 heterocycles. The number of carbonyl (C=O) groups excluding carboxylic acids is 1. The van der Waals surface area contributed by atoms with Gasteiger partial charge < -0.3 is 9.80 Å². The molecule has 3 heteroatoms. The first-order valence-corrected chi connectivity index (χ1v) is 10.3. The summed E-state index contributed by atoms with van der Waals surface area (Å²) in [4.78, 5) is 17.8. The van der Waals surface area contributed by atoms with Gasteiger partial charge in [0.15, 0.2) is 0 Å². The van der Waals surface area contributed by atoms with E-state index in [4.69, 9.17) is 0 Å². The summed E-state index contributed by atoms with van der Waals surface area (Å²) in [6, 6.07) is 12.7. The molecule has 0 radical (unpaired) electrons. The van der Waals surface area contributed by atoms with E-state index in [9.17, 15) is 4.79 Å². The van der Waals surface area contributed by atoms with E-state index < -0.39 is 0 Å². The molecule has 3 aliphatic rings. The van der Waals surface area contributed by atoms with Crippen molar-refractivity contribution in [1.82, 2.24) is 0 Å². The number of nitrogens with zero attached hydrogens (tertiary/aromatic N) is 2. The monoisotopic (exact) mass is 358 g/mol. The highest BCUT2D eigenvalue weighted by atomic mass is 16.1. The molecular formula is C24H26N2O. The van der Waals surface area contributed by atoms with Gasteiger partial charge >= 0.3 is 0 Å². The number of Topliss-reactive ketones (excluding diaryl/α,β-unsaturated/α-hetero) is 1. The number of carbonyl (C=O) groups is 1. The summed E-state index contributed by atoms with van der Waals surface area (Å²) in [5, 5.41) is 0. The number of fused-ring (bicyclic) bond motifs is 1. The first kappa shape index (κ1) is 16.6. The van der Waals surface area contributed by atoms with Gasteiger partial charge in [0.2, 0.25) is 5.78 Å². The van der Waals surface area contributed by atoms with Gasteiger partial charge in [0.25, 0.3) is 0 Å². The quantitative estimate of drug-likeness (QED) is 0.734. The summed E-state index contributed by atoms with van der Waals surface area (Å²) in [6.45, 7) is 5.43.